The maximum atomic E-state index is 8.90. The van der Waals surface area contributed by atoms with Crippen molar-refractivity contribution in [3.05, 3.63) is 90.4 Å². The molecule has 0 bridgehead atoms. The van der Waals surface area contributed by atoms with Crippen molar-refractivity contribution in [3.63, 3.8) is 0 Å². The smallest absolute Gasteiger partial charge is 0.423 e. The van der Waals surface area contributed by atoms with Gasteiger partial charge in [-0.1, -0.05) is 65.8 Å². The van der Waals surface area contributed by atoms with E-state index in [-0.39, 0.29) is 9.49 Å². The van der Waals surface area contributed by atoms with E-state index < -0.39 is 7.12 Å². The Hall–Kier alpha value is -2.24. The summed E-state index contributed by atoms with van der Waals surface area (Å²) in [5, 5.41) is 17.8. The number of rotatable bonds is 4. The lowest BCUT2D eigenvalue weighted by Crippen LogP contribution is -2.29. The van der Waals surface area contributed by atoms with Crippen LogP contribution in [0.25, 0.3) is 11.1 Å². The van der Waals surface area contributed by atoms with Crippen molar-refractivity contribution in [2.75, 3.05) is 0 Å². The van der Waals surface area contributed by atoms with Crippen LogP contribution in [0.2, 0.25) is 0 Å². The van der Waals surface area contributed by atoms with Gasteiger partial charge >= 0.3 is 7.12 Å². The first-order valence-electron chi connectivity index (χ1n) is 11.9. The van der Waals surface area contributed by atoms with Crippen LogP contribution >= 0.6 is 39.5 Å². The molecule has 0 unspecified atom stereocenters. The summed E-state index contributed by atoms with van der Waals surface area (Å²) in [6.07, 6.45) is 10.1. The van der Waals surface area contributed by atoms with E-state index in [1.807, 2.05) is 36.3 Å². The number of nitrogens with zero attached hydrogens (tertiary/aromatic N) is 4. The molecule has 0 aliphatic heterocycles. The zero-order valence-electron chi connectivity index (χ0n) is 22.5. The monoisotopic (exact) mass is 612 g/mol. The molecule has 0 atom stereocenters. The van der Waals surface area contributed by atoms with Crippen LogP contribution in [0.4, 0.5) is 0 Å². The van der Waals surface area contributed by atoms with Crippen LogP contribution in [-0.2, 0) is 0 Å². The molecule has 0 saturated heterocycles. The van der Waals surface area contributed by atoms with Gasteiger partial charge in [-0.15, -0.1) is 23.5 Å². The van der Waals surface area contributed by atoms with Gasteiger partial charge in [0.15, 0.2) is 0 Å². The summed E-state index contributed by atoms with van der Waals surface area (Å²) in [6.45, 7) is 13.1. The van der Waals surface area contributed by atoms with Crippen molar-refractivity contribution in [3.8, 4) is 11.1 Å². The Kier molecular flexibility index (Phi) is 12.9. The van der Waals surface area contributed by atoms with Crippen molar-refractivity contribution >= 4 is 52.0 Å². The summed E-state index contributed by atoms with van der Waals surface area (Å²) in [6, 6.07) is 15.8. The van der Waals surface area contributed by atoms with Gasteiger partial charge in [-0.25, -0.2) is 19.9 Å². The Morgan fingerprint density at radius 3 is 1.34 bits per heavy atom. The second-order valence-electron chi connectivity index (χ2n) is 10.1. The lowest BCUT2D eigenvalue weighted by atomic mass is 9.81. The Balaban J connectivity index is 0.000000217. The fraction of sp³-hybridized carbons (Fsp3) is 0.286. The van der Waals surface area contributed by atoms with Crippen LogP contribution in [0.3, 0.4) is 0 Å². The molecule has 2 heterocycles. The minimum atomic E-state index is -1.37. The number of benzene rings is 2. The average molecular weight is 613 g/mol. The zero-order chi connectivity index (χ0) is 28.2. The highest BCUT2D eigenvalue weighted by Gasteiger charge is 2.14. The molecule has 38 heavy (non-hydrogen) atoms. The van der Waals surface area contributed by atoms with Crippen LogP contribution in [-0.4, -0.2) is 46.6 Å². The SMILES string of the molecule is Brc1cncnc1.CC(C)(C)Sc1ccc(-c2cncnc2)cc1.CC(C)(C)Sc1ccc(B(O)O)cc1. The lowest BCUT2D eigenvalue weighted by Gasteiger charge is -2.17. The van der Waals surface area contributed by atoms with Crippen molar-refractivity contribution < 1.29 is 10.0 Å². The van der Waals surface area contributed by atoms with Crippen LogP contribution in [0.15, 0.2) is 100 Å². The number of hydrogen-bond donors (Lipinski definition) is 2. The van der Waals surface area contributed by atoms with Gasteiger partial charge in [-0.3, -0.25) is 0 Å². The highest BCUT2D eigenvalue weighted by Crippen LogP contribution is 2.33. The molecule has 0 aliphatic carbocycles. The van der Waals surface area contributed by atoms with Crippen molar-refractivity contribution in [2.24, 2.45) is 0 Å². The third-order valence-corrected chi connectivity index (χ3v) is 6.95. The molecule has 0 aliphatic rings. The molecular weight excluding hydrogens is 579 g/mol. The van der Waals surface area contributed by atoms with E-state index in [0.29, 0.717) is 5.46 Å². The summed E-state index contributed by atoms with van der Waals surface area (Å²) < 4.78 is 1.34. The van der Waals surface area contributed by atoms with Gasteiger partial charge in [0.2, 0.25) is 0 Å². The topological polar surface area (TPSA) is 92.0 Å². The summed E-state index contributed by atoms with van der Waals surface area (Å²) >= 11 is 6.82. The standard InChI is InChI=1S/C14H16N2S.C10H15BO2S.C4H3BrN2/c1-14(2,3)17-13-6-4-11(5-7-13)12-8-15-10-16-9-12;1-10(2,3)14-9-6-4-8(5-7-9)11(12)13;5-4-1-6-3-7-2-4/h4-10H,1-3H3;4-7,12-13H,1-3H3;1-3H. The van der Waals surface area contributed by atoms with Gasteiger partial charge < -0.3 is 10.0 Å². The Morgan fingerprint density at radius 1 is 0.605 bits per heavy atom. The lowest BCUT2D eigenvalue weighted by molar-refractivity contribution is 0.425. The molecule has 4 aromatic rings. The van der Waals surface area contributed by atoms with Crippen LogP contribution in [0.5, 0.6) is 0 Å². The molecule has 0 radical (unpaired) electrons. The van der Waals surface area contributed by atoms with Crippen molar-refractivity contribution in [1.82, 2.24) is 19.9 Å². The summed E-state index contributed by atoms with van der Waals surface area (Å²) in [5.41, 5.74) is 2.74. The molecule has 2 N–H and O–H groups in total. The largest absolute Gasteiger partial charge is 0.488 e. The Labute approximate surface area is 243 Å². The third-order valence-electron chi connectivity index (χ3n) is 4.30. The van der Waals surface area contributed by atoms with Crippen molar-refractivity contribution in [2.45, 2.75) is 60.8 Å². The Morgan fingerprint density at radius 2 is 1.00 bits per heavy atom. The molecule has 2 aromatic carbocycles. The van der Waals surface area contributed by atoms with E-state index >= 15 is 0 Å². The maximum absolute atomic E-state index is 8.90. The summed E-state index contributed by atoms with van der Waals surface area (Å²) in [5.74, 6) is 0. The second kappa shape index (κ2) is 15.4. The van der Waals surface area contributed by atoms with E-state index in [0.717, 1.165) is 20.5 Å². The van der Waals surface area contributed by atoms with Crippen LogP contribution < -0.4 is 5.46 Å². The number of halogens is 1. The minimum Gasteiger partial charge on any atom is -0.423 e. The van der Waals surface area contributed by atoms with Gasteiger partial charge in [-0.05, 0) is 51.2 Å². The quantitative estimate of drug-likeness (QED) is 0.198. The van der Waals surface area contributed by atoms with Crippen LogP contribution in [0, 0.1) is 0 Å². The van der Waals surface area contributed by atoms with Crippen LogP contribution in [0.1, 0.15) is 41.5 Å². The summed E-state index contributed by atoms with van der Waals surface area (Å²) in [7, 11) is -1.37. The molecule has 0 spiro atoms. The first kappa shape index (κ1) is 32.0. The number of thioether (sulfide) groups is 2. The first-order valence-corrected chi connectivity index (χ1v) is 14.3. The van der Waals surface area contributed by atoms with E-state index in [9.17, 15) is 0 Å². The van der Waals surface area contributed by atoms with E-state index in [4.69, 9.17) is 10.0 Å². The number of hydrogen-bond acceptors (Lipinski definition) is 8. The van der Waals surface area contributed by atoms with E-state index in [1.54, 1.807) is 42.6 Å². The second-order valence-corrected chi connectivity index (χ2v) is 14.8. The highest BCUT2D eigenvalue weighted by atomic mass is 79.9. The fourth-order valence-electron chi connectivity index (χ4n) is 2.86. The maximum Gasteiger partial charge on any atom is 0.488 e. The molecule has 0 amide bonds. The molecule has 200 valence electrons. The molecule has 6 nitrogen and oxygen atoms in total. The normalized spacial score (nSPS) is 11.0. The highest BCUT2D eigenvalue weighted by molar-refractivity contribution is 9.10. The predicted molar refractivity (Wildman–Crippen MR) is 165 cm³/mol. The average Bonchev–Trinajstić information content (AvgIpc) is 2.85. The molecule has 0 fully saturated rings. The van der Waals surface area contributed by atoms with Gasteiger partial charge in [0.1, 0.15) is 12.7 Å². The van der Waals surface area contributed by atoms with E-state index in [1.165, 1.54) is 11.2 Å². The van der Waals surface area contributed by atoms with E-state index in [2.05, 4.69) is 102 Å². The van der Waals surface area contributed by atoms with Gasteiger partial charge in [0, 0.05) is 49.6 Å². The predicted octanol–water partition coefficient (Wildman–Crippen LogP) is 6.53. The summed E-state index contributed by atoms with van der Waals surface area (Å²) in [4.78, 5) is 17.9. The third kappa shape index (κ3) is 13.5. The first-order chi connectivity index (χ1) is 17.8. The van der Waals surface area contributed by atoms with Gasteiger partial charge in [0.25, 0.3) is 0 Å². The molecule has 2 aromatic heterocycles. The zero-order valence-corrected chi connectivity index (χ0v) is 25.8. The molecule has 4 rings (SSSR count). The van der Waals surface area contributed by atoms with Crippen molar-refractivity contribution in [1.29, 1.82) is 0 Å². The minimum absolute atomic E-state index is 0.180. The molecule has 10 heteroatoms. The Bertz CT molecular complexity index is 1200. The molecule has 0 saturated carbocycles. The van der Waals surface area contributed by atoms with Gasteiger partial charge in [-0.2, -0.15) is 0 Å². The molecular formula is C28H34BBrN4O2S2. The number of aromatic nitrogens is 4. The van der Waals surface area contributed by atoms with Gasteiger partial charge in [0.05, 0.1) is 4.47 Å². The fourth-order valence-corrected chi connectivity index (χ4v) is 5.05.